The normalized spacial score (nSPS) is 11.4. The first-order valence-electron chi connectivity index (χ1n) is 19.9. The van der Waals surface area contributed by atoms with Crippen LogP contribution in [0.3, 0.4) is 0 Å². The minimum absolute atomic E-state index is 1.04. The summed E-state index contributed by atoms with van der Waals surface area (Å²) >= 11 is 3.63. The molecule has 0 bridgehead atoms. The van der Waals surface area contributed by atoms with Gasteiger partial charge in [0.1, 0.15) is 5.01 Å². The molecule has 0 fully saturated rings. The minimum atomic E-state index is 1.04. The molecule has 0 saturated carbocycles. The highest BCUT2D eigenvalue weighted by atomic mass is 32.1. The third kappa shape index (κ3) is 6.49. The van der Waals surface area contributed by atoms with Crippen LogP contribution in [0.5, 0.6) is 0 Å². The highest BCUT2D eigenvalue weighted by Crippen LogP contribution is 2.47. The van der Waals surface area contributed by atoms with Gasteiger partial charge < -0.3 is 4.90 Å². The quantitative estimate of drug-likeness (QED) is 0.152. The van der Waals surface area contributed by atoms with Crippen LogP contribution in [-0.4, -0.2) is 4.98 Å². The Kier molecular flexibility index (Phi) is 8.92. The fourth-order valence-corrected chi connectivity index (χ4v) is 10.5. The van der Waals surface area contributed by atoms with Crippen LogP contribution in [0.2, 0.25) is 0 Å². The Labute approximate surface area is 351 Å². The maximum Gasteiger partial charge on any atom is 0.124 e. The third-order valence-corrected chi connectivity index (χ3v) is 13.4. The molecule has 2 nitrogen and oxygen atoms in total. The van der Waals surface area contributed by atoms with Crippen LogP contribution in [0.1, 0.15) is 0 Å². The summed E-state index contributed by atoms with van der Waals surface area (Å²) < 4.78 is 3.76. The van der Waals surface area contributed by atoms with Crippen molar-refractivity contribution in [3.05, 3.63) is 218 Å². The number of benzene rings is 9. The molecule has 0 spiro atoms. The SMILES string of the molecule is c1ccc(-c2ccc(N(c3ccc(-c4c5nc(-c6ccccc6)sc5cc5c4sc4ccccc45)cc3)c3ccc(-c4ccccc4)c(-c4ccccc4)c3)cc2)cc1. The number of anilines is 3. The lowest BCUT2D eigenvalue weighted by Gasteiger charge is -2.27. The second-order valence-electron chi connectivity index (χ2n) is 14.7. The number of aromatic nitrogens is 1. The zero-order valence-corrected chi connectivity index (χ0v) is 33.6. The van der Waals surface area contributed by atoms with Gasteiger partial charge in [-0.1, -0.05) is 170 Å². The van der Waals surface area contributed by atoms with Crippen LogP contribution in [0.15, 0.2) is 218 Å². The van der Waals surface area contributed by atoms with Crippen molar-refractivity contribution in [2.75, 3.05) is 4.90 Å². The Balaban J connectivity index is 1.08. The topological polar surface area (TPSA) is 16.1 Å². The predicted molar refractivity (Wildman–Crippen MR) is 254 cm³/mol. The second kappa shape index (κ2) is 15.0. The molecule has 0 aliphatic rings. The summed E-state index contributed by atoms with van der Waals surface area (Å²) in [6.07, 6.45) is 0. The zero-order chi connectivity index (χ0) is 39.1. The van der Waals surface area contributed by atoms with Gasteiger partial charge in [-0.05, 0) is 87.5 Å². The highest BCUT2D eigenvalue weighted by Gasteiger charge is 2.21. The van der Waals surface area contributed by atoms with E-state index in [1.165, 1.54) is 63.8 Å². The van der Waals surface area contributed by atoms with Crippen molar-refractivity contribution >= 4 is 70.1 Å². The van der Waals surface area contributed by atoms with Gasteiger partial charge in [-0.2, -0.15) is 0 Å². The lowest BCUT2D eigenvalue weighted by atomic mass is 9.93. The number of rotatable bonds is 8. The highest BCUT2D eigenvalue weighted by molar-refractivity contribution is 7.27. The maximum atomic E-state index is 5.35. The van der Waals surface area contributed by atoms with Gasteiger partial charge in [-0.3, -0.25) is 0 Å². The van der Waals surface area contributed by atoms with E-state index in [1.54, 1.807) is 11.3 Å². The zero-order valence-electron chi connectivity index (χ0n) is 32.0. The van der Waals surface area contributed by atoms with Gasteiger partial charge in [0.2, 0.25) is 0 Å². The molecule has 0 amide bonds. The summed E-state index contributed by atoms with van der Waals surface area (Å²) in [5, 5.41) is 3.62. The van der Waals surface area contributed by atoms with Gasteiger partial charge in [-0.25, -0.2) is 4.98 Å². The van der Waals surface area contributed by atoms with E-state index in [0.29, 0.717) is 0 Å². The Bertz CT molecular complexity index is 3230. The van der Waals surface area contributed by atoms with Crippen LogP contribution in [0.4, 0.5) is 17.1 Å². The summed E-state index contributed by atoms with van der Waals surface area (Å²) in [5.41, 5.74) is 15.0. The Morgan fingerprint density at radius 2 is 0.847 bits per heavy atom. The van der Waals surface area contributed by atoms with Crippen molar-refractivity contribution in [3.63, 3.8) is 0 Å². The van der Waals surface area contributed by atoms with Gasteiger partial charge in [0, 0.05) is 48.4 Å². The lowest BCUT2D eigenvalue weighted by Crippen LogP contribution is -2.10. The molecular weight excluding hydrogens is 753 g/mol. The van der Waals surface area contributed by atoms with E-state index in [-0.39, 0.29) is 0 Å². The molecule has 2 heterocycles. The van der Waals surface area contributed by atoms with E-state index in [1.807, 2.05) is 11.3 Å². The van der Waals surface area contributed by atoms with Gasteiger partial charge in [0.15, 0.2) is 0 Å². The first-order chi connectivity index (χ1) is 29.2. The molecule has 278 valence electrons. The number of thiophene rings is 1. The van der Waals surface area contributed by atoms with Crippen molar-refractivity contribution in [3.8, 4) is 55.1 Å². The largest absolute Gasteiger partial charge is 0.310 e. The van der Waals surface area contributed by atoms with E-state index in [0.717, 1.165) is 38.7 Å². The van der Waals surface area contributed by atoms with Crippen molar-refractivity contribution in [2.24, 2.45) is 0 Å². The van der Waals surface area contributed by atoms with Crippen LogP contribution in [0.25, 0.3) is 85.5 Å². The first kappa shape index (κ1) is 35.1. The average molecular weight is 789 g/mol. The van der Waals surface area contributed by atoms with Crippen LogP contribution >= 0.6 is 22.7 Å². The van der Waals surface area contributed by atoms with Crippen LogP contribution in [0, 0.1) is 0 Å². The molecule has 0 unspecified atom stereocenters. The smallest absolute Gasteiger partial charge is 0.124 e. The van der Waals surface area contributed by atoms with E-state index >= 15 is 0 Å². The van der Waals surface area contributed by atoms with E-state index in [4.69, 9.17) is 4.98 Å². The molecular formula is C55H36N2S2. The second-order valence-corrected chi connectivity index (χ2v) is 16.8. The molecule has 0 saturated heterocycles. The monoisotopic (exact) mass is 788 g/mol. The Morgan fingerprint density at radius 3 is 1.49 bits per heavy atom. The molecule has 2 aromatic heterocycles. The first-order valence-corrected chi connectivity index (χ1v) is 21.5. The van der Waals surface area contributed by atoms with E-state index in [9.17, 15) is 0 Å². The number of nitrogens with zero attached hydrogens (tertiary/aromatic N) is 2. The van der Waals surface area contributed by atoms with Crippen molar-refractivity contribution in [1.82, 2.24) is 4.98 Å². The fourth-order valence-electron chi connectivity index (χ4n) is 8.27. The Hall–Kier alpha value is -7.11. The number of hydrogen-bond acceptors (Lipinski definition) is 4. The molecule has 4 heteroatoms. The molecule has 0 N–H and O–H groups in total. The molecule has 11 rings (SSSR count). The van der Waals surface area contributed by atoms with Crippen molar-refractivity contribution < 1.29 is 0 Å². The predicted octanol–water partition coefficient (Wildman–Crippen LogP) is 16.5. The molecule has 9 aromatic carbocycles. The molecule has 0 aliphatic carbocycles. The van der Waals surface area contributed by atoms with Gasteiger partial charge in [0.05, 0.1) is 10.2 Å². The van der Waals surface area contributed by atoms with Crippen LogP contribution < -0.4 is 4.90 Å². The molecule has 0 radical (unpaired) electrons. The number of fused-ring (bicyclic) bond motifs is 4. The Morgan fingerprint density at radius 1 is 0.339 bits per heavy atom. The number of thiazole rings is 1. The molecule has 59 heavy (non-hydrogen) atoms. The molecule has 11 aromatic rings. The van der Waals surface area contributed by atoms with Crippen LogP contribution in [-0.2, 0) is 0 Å². The summed E-state index contributed by atoms with van der Waals surface area (Å²) in [4.78, 5) is 7.73. The van der Waals surface area contributed by atoms with E-state index in [2.05, 4.69) is 223 Å². The van der Waals surface area contributed by atoms with Gasteiger partial charge in [-0.15, -0.1) is 22.7 Å². The fraction of sp³-hybridized carbons (Fsp3) is 0. The summed E-state index contributed by atoms with van der Waals surface area (Å²) in [6, 6.07) is 78.6. The van der Waals surface area contributed by atoms with E-state index < -0.39 is 0 Å². The molecule has 0 atom stereocenters. The average Bonchev–Trinajstić information content (AvgIpc) is 3.92. The molecule has 0 aliphatic heterocycles. The van der Waals surface area contributed by atoms with Crippen molar-refractivity contribution in [2.45, 2.75) is 0 Å². The lowest BCUT2D eigenvalue weighted by molar-refractivity contribution is 1.28. The standard InChI is InChI=1S/C55H36N2S2/c1-5-15-37(16-6-1)38-25-29-43(30-26-38)57(45-33-34-46(39-17-7-2-8-18-39)48(35-45)40-19-9-3-10-20-40)44-31-27-41(28-32-44)52-53-51(59-55(56-53)42-21-11-4-12-22-42)36-49-47-23-13-14-24-50(47)58-54(49)52/h1-36H. The maximum absolute atomic E-state index is 5.35. The summed E-state index contributed by atoms with van der Waals surface area (Å²) in [7, 11) is 0. The van der Waals surface area contributed by atoms with Crippen molar-refractivity contribution in [1.29, 1.82) is 0 Å². The summed E-state index contributed by atoms with van der Waals surface area (Å²) in [6.45, 7) is 0. The van der Waals surface area contributed by atoms with Gasteiger partial charge in [0.25, 0.3) is 0 Å². The third-order valence-electron chi connectivity index (χ3n) is 11.1. The summed E-state index contributed by atoms with van der Waals surface area (Å²) in [5.74, 6) is 0. The van der Waals surface area contributed by atoms with Gasteiger partial charge >= 0.3 is 0 Å². The minimum Gasteiger partial charge on any atom is -0.310 e. The number of hydrogen-bond donors (Lipinski definition) is 0.